The Morgan fingerprint density at radius 1 is 1.00 bits per heavy atom. The molecule has 0 aromatic heterocycles. The fourth-order valence-corrected chi connectivity index (χ4v) is 2.49. The van der Waals surface area contributed by atoms with Crippen LogP contribution in [0.2, 0.25) is 0 Å². The molecule has 0 aromatic carbocycles. The number of likely N-dealkylation sites (tertiary alicyclic amines) is 1. The molecule has 0 aromatic rings. The summed E-state index contributed by atoms with van der Waals surface area (Å²) in [6.45, 7) is 11.6. The van der Waals surface area contributed by atoms with E-state index in [0.717, 1.165) is 13.1 Å². The Morgan fingerprint density at radius 3 is 2.07 bits per heavy atom. The van der Waals surface area contributed by atoms with E-state index in [1.54, 1.807) is 0 Å². The van der Waals surface area contributed by atoms with Gasteiger partial charge in [-0.05, 0) is 14.0 Å². The number of piperazine rings is 1. The van der Waals surface area contributed by atoms with Crippen molar-refractivity contribution in [2.45, 2.75) is 12.5 Å². The highest BCUT2D eigenvalue weighted by Crippen LogP contribution is 2.16. The lowest BCUT2D eigenvalue weighted by Crippen LogP contribution is -2.66. The van der Waals surface area contributed by atoms with Crippen molar-refractivity contribution in [2.24, 2.45) is 5.73 Å². The number of nitrogens with two attached hydrogens (primary N) is 1. The molecule has 2 N–H and O–H groups in total. The molecule has 4 heteroatoms. The third-order valence-corrected chi connectivity index (χ3v) is 3.50. The van der Waals surface area contributed by atoms with Crippen LogP contribution in [0.3, 0.4) is 0 Å². The van der Waals surface area contributed by atoms with Gasteiger partial charge in [0.2, 0.25) is 0 Å². The lowest BCUT2D eigenvalue weighted by molar-refractivity contribution is 0.0620. The Labute approximate surface area is 93.0 Å². The second-order valence-electron chi connectivity index (χ2n) is 5.51. The summed E-state index contributed by atoms with van der Waals surface area (Å²) < 4.78 is 0. The molecular weight excluding hydrogens is 188 g/mol. The van der Waals surface area contributed by atoms with Gasteiger partial charge in [0.15, 0.2) is 0 Å². The molecule has 0 atom stereocenters. The minimum Gasteiger partial charge on any atom is -0.323 e. The molecule has 4 nitrogen and oxygen atoms in total. The van der Waals surface area contributed by atoms with E-state index in [9.17, 15) is 0 Å². The van der Waals surface area contributed by atoms with Crippen LogP contribution in [-0.2, 0) is 0 Å². The van der Waals surface area contributed by atoms with Crippen LogP contribution in [0.1, 0.15) is 6.92 Å². The number of likely N-dealkylation sites (N-methyl/N-ethyl adjacent to an activating group) is 1. The van der Waals surface area contributed by atoms with Crippen LogP contribution in [0.4, 0.5) is 0 Å². The maximum Gasteiger partial charge on any atom is 0.0383 e. The second kappa shape index (κ2) is 4.37. The van der Waals surface area contributed by atoms with E-state index in [2.05, 4.69) is 28.7 Å². The average molecular weight is 212 g/mol. The third kappa shape index (κ3) is 3.14. The van der Waals surface area contributed by atoms with Gasteiger partial charge in [-0.2, -0.15) is 0 Å². The van der Waals surface area contributed by atoms with Gasteiger partial charge in [0, 0.05) is 57.9 Å². The molecule has 2 rings (SSSR count). The van der Waals surface area contributed by atoms with Gasteiger partial charge in [-0.3, -0.25) is 9.80 Å². The summed E-state index contributed by atoms with van der Waals surface area (Å²) >= 11 is 0. The molecule has 0 spiro atoms. The second-order valence-corrected chi connectivity index (χ2v) is 5.51. The summed E-state index contributed by atoms with van der Waals surface area (Å²) in [5.41, 5.74) is 6.06. The van der Waals surface area contributed by atoms with Gasteiger partial charge in [-0.25, -0.2) is 0 Å². The first kappa shape index (κ1) is 11.3. The molecule has 0 radical (unpaired) electrons. The van der Waals surface area contributed by atoms with E-state index in [4.69, 9.17) is 5.73 Å². The van der Waals surface area contributed by atoms with E-state index < -0.39 is 0 Å². The maximum atomic E-state index is 5.98. The standard InChI is InChI=1S/C11H24N4/c1-11(12)9-15(10-11)8-7-14-5-3-13(2)4-6-14/h3-10,12H2,1-2H3. The van der Waals surface area contributed by atoms with Crippen molar-refractivity contribution in [3.05, 3.63) is 0 Å². The summed E-state index contributed by atoms with van der Waals surface area (Å²) in [6, 6.07) is 0. The quantitative estimate of drug-likeness (QED) is 0.669. The Balaban J connectivity index is 1.59. The van der Waals surface area contributed by atoms with Crippen molar-refractivity contribution in [1.29, 1.82) is 0 Å². The summed E-state index contributed by atoms with van der Waals surface area (Å²) in [7, 11) is 2.20. The molecule has 0 unspecified atom stereocenters. The monoisotopic (exact) mass is 212 g/mol. The molecule has 2 saturated heterocycles. The minimum atomic E-state index is 0.0854. The summed E-state index contributed by atoms with van der Waals surface area (Å²) in [4.78, 5) is 7.42. The highest BCUT2D eigenvalue weighted by Gasteiger charge is 2.34. The molecule has 2 fully saturated rings. The molecule has 0 aliphatic carbocycles. The van der Waals surface area contributed by atoms with Crippen LogP contribution in [-0.4, -0.2) is 79.6 Å². The summed E-state index contributed by atoms with van der Waals surface area (Å²) in [6.07, 6.45) is 0. The lowest BCUT2D eigenvalue weighted by atomic mass is 9.94. The molecule has 2 heterocycles. The van der Waals surface area contributed by atoms with Crippen molar-refractivity contribution < 1.29 is 0 Å². The average Bonchev–Trinajstić information content (AvgIpc) is 2.14. The van der Waals surface area contributed by atoms with Crippen LogP contribution < -0.4 is 5.73 Å². The smallest absolute Gasteiger partial charge is 0.0383 e. The predicted molar refractivity (Wildman–Crippen MR) is 63.0 cm³/mol. The lowest BCUT2D eigenvalue weighted by Gasteiger charge is -2.46. The molecule has 0 saturated carbocycles. The van der Waals surface area contributed by atoms with Gasteiger partial charge in [-0.15, -0.1) is 0 Å². The van der Waals surface area contributed by atoms with Crippen LogP contribution >= 0.6 is 0 Å². The zero-order chi connectivity index (χ0) is 10.9. The Morgan fingerprint density at radius 2 is 1.53 bits per heavy atom. The molecule has 15 heavy (non-hydrogen) atoms. The number of hydrogen-bond acceptors (Lipinski definition) is 4. The van der Waals surface area contributed by atoms with E-state index in [-0.39, 0.29) is 5.54 Å². The zero-order valence-electron chi connectivity index (χ0n) is 10.1. The zero-order valence-corrected chi connectivity index (χ0v) is 10.1. The van der Waals surface area contributed by atoms with Gasteiger partial charge < -0.3 is 10.6 Å². The first-order chi connectivity index (χ1) is 7.05. The van der Waals surface area contributed by atoms with E-state index in [1.807, 2.05) is 0 Å². The number of rotatable bonds is 3. The van der Waals surface area contributed by atoms with Crippen molar-refractivity contribution in [2.75, 3.05) is 59.4 Å². The molecule has 0 amide bonds. The Hall–Kier alpha value is -0.160. The first-order valence-electron chi connectivity index (χ1n) is 5.97. The van der Waals surface area contributed by atoms with E-state index in [0.29, 0.717) is 0 Å². The van der Waals surface area contributed by atoms with Crippen LogP contribution in [0.25, 0.3) is 0 Å². The Bertz CT molecular complexity index is 201. The van der Waals surface area contributed by atoms with Gasteiger partial charge in [0.25, 0.3) is 0 Å². The van der Waals surface area contributed by atoms with Crippen LogP contribution in [0.15, 0.2) is 0 Å². The van der Waals surface area contributed by atoms with Gasteiger partial charge in [0.05, 0.1) is 0 Å². The number of nitrogens with zero attached hydrogens (tertiary/aromatic N) is 3. The molecule has 88 valence electrons. The Kier molecular flexibility index (Phi) is 3.30. The van der Waals surface area contributed by atoms with E-state index in [1.165, 1.54) is 39.3 Å². The highest BCUT2D eigenvalue weighted by atomic mass is 15.3. The normalized spacial score (nSPS) is 29.0. The summed E-state index contributed by atoms with van der Waals surface area (Å²) in [5, 5.41) is 0. The predicted octanol–water partition coefficient (Wildman–Crippen LogP) is -0.733. The van der Waals surface area contributed by atoms with E-state index >= 15 is 0 Å². The fraction of sp³-hybridized carbons (Fsp3) is 1.00. The highest BCUT2D eigenvalue weighted by molar-refractivity contribution is 4.95. The number of hydrogen-bond donors (Lipinski definition) is 1. The van der Waals surface area contributed by atoms with Crippen molar-refractivity contribution in [3.63, 3.8) is 0 Å². The van der Waals surface area contributed by atoms with Gasteiger partial charge >= 0.3 is 0 Å². The van der Waals surface area contributed by atoms with Gasteiger partial charge in [-0.1, -0.05) is 0 Å². The largest absolute Gasteiger partial charge is 0.323 e. The van der Waals surface area contributed by atoms with Crippen molar-refractivity contribution >= 4 is 0 Å². The fourth-order valence-electron chi connectivity index (χ4n) is 2.49. The van der Waals surface area contributed by atoms with Crippen LogP contribution in [0, 0.1) is 0 Å². The van der Waals surface area contributed by atoms with Crippen molar-refractivity contribution in [1.82, 2.24) is 14.7 Å². The first-order valence-corrected chi connectivity index (χ1v) is 5.97. The van der Waals surface area contributed by atoms with Gasteiger partial charge in [0.1, 0.15) is 0 Å². The van der Waals surface area contributed by atoms with Crippen molar-refractivity contribution in [3.8, 4) is 0 Å². The SMILES string of the molecule is CN1CCN(CCN2CC(C)(N)C2)CC1. The topological polar surface area (TPSA) is 35.7 Å². The maximum absolute atomic E-state index is 5.98. The van der Waals surface area contributed by atoms with Crippen LogP contribution in [0.5, 0.6) is 0 Å². The molecule has 2 aliphatic heterocycles. The molecule has 0 bridgehead atoms. The third-order valence-electron chi connectivity index (χ3n) is 3.50. The molecule has 2 aliphatic rings. The molecular formula is C11H24N4. The minimum absolute atomic E-state index is 0.0854. The summed E-state index contributed by atoms with van der Waals surface area (Å²) in [5.74, 6) is 0.